The normalized spacial score (nSPS) is 17.6. The highest BCUT2D eigenvalue weighted by molar-refractivity contribution is 5.92. The SMILES string of the molecule is Cl.Cn1ccnc1C1CNCCN1CC(=O)Nc1ccc(OC(F)(F)F)cc1. The van der Waals surface area contributed by atoms with Crippen LogP contribution in [0.1, 0.15) is 11.9 Å². The van der Waals surface area contributed by atoms with Gasteiger partial charge in [0.05, 0.1) is 12.6 Å². The van der Waals surface area contributed by atoms with E-state index in [9.17, 15) is 18.0 Å². The minimum Gasteiger partial charge on any atom is -0.406 e. The molecular formula is C17H21ClF3N5O2. The summed E-state index contributed by atoms with van der Waals surface area (Å²) in [7, 11) is 1.90. The Balaban J connectivity index is 0.00000280. The third-order valence-electron chi connectivity index (χ3n) is 4.23. The molecule has 1 aromatic carbocycles. The van der Waals surface area contributed by atoms with Crippen LogP contribution in [0.5, 0.6) is 5.75 Å². The van der Waals surface area contributed by atoms with E-state index in [1.54, 1.807) is 6.20 Å². The second-order valence-corrected chi connectivity index (χ2v) is 6.21. The molecule has 154 valence electrons. The lowest BCUT2D eigenvalue weighted by molar-refractivity contribution is -0.274. The predicted molar refractivity (Wildman–Crippen MR) is 99.4 cm³/mol. The van der Waals surface area contributed by atoms with Crippen LogP contribution in [0.15, 0.2) is 36.7 Å². The average Bonchev–Trinajstić information content (AvgIpc) is 3.02. The number of hydrogen-bond donors (Lipinski definition) is 2. The molecule has 1 amide bonds. The summed E-state index contributed by atoms with van der Waals surface area (Å²) in [5.74, 6) is 0.279. The third kappa shape index (κ3) is 5.85. The summed E-state index contributed by atoms with van der Waals surface area (Å²) in [6.45, 7) is 2.28. The highest BCUT2D eigenvalue weighted by atomic mass is 35.5. The molecule has 1 saturated heterocycles. The first-order valence-electron chi connectivity index (χ1n) is 8.39. The number of aryl methyl sites for hydroxylation is 1. The van der Waals surface area contributed by atoms with Crippen molar-refractivity contribution >= 4 is 24.0 Å². The van der Waals surface area contributed by atoms with E-state index in [1.807, 2.05) is 22.7 Å². The van der Waals surface area contributed by atoms with Gasteiger partial charge >= 0.3 is 6.36 Å². The second kappa shape index (κ2) is 9.26. The quantitative estimate of drug-likeness (QED) is 0.778. The van der Waals surface area contributed by atoms with Gasteiger partial charge in [-0.3, -0.25) is 9.69 Å². The largest absolute Gasteiger partial charge is 0.573 e. The molecule has 2 heterocycles. The van der Waals surface area contributed by atoms with E-state index < -0.39 is 6.36 Å². The fourth-order valence-corrected chi connectivity index (χ4v) is 3.01. The van der Waals surface area contributed by atoms with Gasteiger partial charge in [-0.05, 0) is 24.3 Å². The highest BCUT2D eigenvalue weighted by Crippen LogP contribution is 2.24. The maximum atomic E-state index is 12.4. The van der Waals surface area contributed by atoms with Crippen LogP contribution < -0.4 is 15.4 Å². The number of piperazine rings is 1. The van der Waals surface area contributed by atoms with E-state index in [-0.39, 0.29) is 36.7 Å². The maximum Gasteiger partial charge on any atom is 0.573 e. The number of hydrogen-bond acceptors (Lipinski definition) is 5. The lowest BCUT2D eigenvalue weighted by atomic mass is 10.1. The standard InChI is InChI=1S/C17H20F3N5O2.ClH/c1-24-8-7-22-16(24)14-10-21-6-9-25(14)11-15(26)23-12-2-4-13(5-3-12)27-17(18,19)20;/h2-5,7-8,14,21H,6,9-11H2,1H3,(H,23,26);1H. The van der Waals surface area contributed by atoms with Crippen molar-refractivity contribution in [3.8, 4) is 5.75 Å². The summed E-state index contributed by atoms with van der Waals surface area (Å²) in [5.41, 5.74) is 0.401. The van der Waals surface area contributed by atoms with Gasteiger partial charge in [0, 0.05) is 44.8 Å². The van der Waals surface area contributed by atoms with Crippen LogP contribution in [-0.4, -0.2) is 52.9 Å². The highest BCUT2D eigenvalue weighted by Gasteiger charge is 2.31. The van der Waals surface area contributed by atoms with E-state index in [4.69, 9.17) is 0 Å². The van der Waals surface area contributed by atoms with Gasteiger partial charge in [-0.2, -0.15) is 0 Å². The van der Waals surface area contributed by atoms with Gasteiger partial charge in [-0.15, -0.1) is 25.6 Å². The zero-order valence-corrected chi connectivity index (χ0v) is 15.9. The van der Waals surface area contributed by atoms with Crippen molar-refractivity contribution in [2.75, 3.05) is 31.5 Å². The Bertz CT molecular complexity index is 782. The van der Waals surface area contributed by atoms with Crippen LogP contribution in [0.2, 0.25) is 0 Å². The number of rotatable bonds is 5. The maximum absolute atomic E-state index is 12.4. The summed E-state index contributed by atoms with van der Waals surface area (Å²) in [5, 5.41) is 5.99. The Morgan fingerprint density at radius 3 is 2.68 bits per heavy atom. The lowest BCUT2D eigenvalue weighted by Gasteiger charge is -2.35. The molecule has 0 radical (unpaired) electrons. The van der Waals surface area contributed by atoms with Gasteiger partial charge in [0.15, 0.2) is 0 Å². The molecule has 2 aromatic rings. The van der Waals surface area contributed by atoms with E-state index in [0.717, 1.165) is 24.5 Å². The summed E-state index contributed by atoms with van der Waals surface area (Å²) < 4.78 is 42.3. The van der Waals surface area contributed by atoms with E-state index >= 15 is 0 Å². The van der Waals surface area contributed by atoms with Crippen molar-refractivity contribution in [2.45, 2.75) is 12.4 Å². The van der Waals surface area contributed by atoms with Crippen molar-refractivity contribution < 1.29 is 22.7 Å². The molecule has 28 heavy (non-hydrogen) atoms. The van der Waals surface area contributed by atoms with Crippen molar-refractivity contribution in [3.05, 3.63) is 42.5 Å². The Hall–Kier alpha value is -2.30. The first-order valence-corrected chi connectivity index (χ1v) is 8.39. The molecule has 2 N–H and O–H groups in total. The molecule has 1 unspecified atom stereocenters. The number of halogens is 4. The first kappa shape index (κ1) is 22.0. The Morgan fingerprint density at radius 2 is 2.07 bits per heavy atom. The van der Waals surface area contributed by atoms with Crippen molar-refractivity contribution in [1.82, 2.24) is 19.8 Å². The van der Waals surface area contributed by atoms with Gasteiger partial charge in [-0.1, -0.05) is 0 Å². The number of carbonyl (C=O) groups excluding carboxylic acids is 1. The number of benzene rings is 1. The number of aromatic nitrogens is 2. The first-order chi connectivity index (χ1) is 12.8. The summed E-state index contributed by atoms with van der Waals surface area (Å²) >= 11 is 0. The third-order valence-corrected chi connectivity index (χ3v) is 4.23. The van der Waals surface area contributed by atoms with E-state index in [2.05, 4.69) is 20.4 Å². The number of nitrogens with zero attached hydrogens (tertiary/aromatic N) is 3. The van der Waals surface area contributed by atoms with Crippen LogP contribution in [0.25, 0.3) is 0 Å². The number of alkyl halides is 3. The topological polar surface area (TPSA) is 71.4 Å². The Labute approximate surface area is 166 Å². The number of amides is 1. The summed E-state index contributed by atoms with van der Waals surface area (Å²) in [6, 6.07) is 5.02. The van der Waals surface area contributed by atoms with Gasteiger partial charge in [0.1, 0.15) is 11.6 Å². The van der Waals surface area contributed by atoms with E-state index in [0.29, 0.717) is 18.8 Å². The molecule has 1 aromatic heterocycles. The molecule has 1 aliphatic rings. The Kier molecular flexibility index (Phi) is 7.28. The molecule has 1 aliphatic heterocycles. The minimum atomic E-state index is -4.74. The summed E-state index contributed by atoms with van der Waals surface area (Å²) in [6.07, 6.45) is -1.17. The molecule has 0 spiro atoms. The number of imidazole rings is 1. The Morgan fingerprint density at radius 1 is 1.36 bits per heavy atom. The molecular weight excluding hydrogens is 399 g/mol. The molecule has 1 atom stereocenters. The molecule has 7 nitrogen and oxygen atoms in total. The van der Waals surface area contributed by atoms with Crippen molar-refractivity contribution in [1.29, 1.82) is 0 Å². The van der Waals surface area contributed by atoms with Crippen LogP contribution >= 0.6 is 12.4 Å². The van der Waals surface area contributed by atoms with Crippen LogP contribution in [0.4, 0.5) is 18.9 Å². The van der Waals surface area contributed by atoms with Gasteiger partial charge in [0.2, 0.25) is 5.91 Å². The molecule has 1 fully saturated rings. The van der Waals surface area contributed by atoms with Gasteiger partial charge < -0.3 is 19.9 Å². The number of ether oxygens (including phenoxy) is 1. The fourth-order valence-electron chi connectivity index (χ4n) is 3.01. The molecule has 0 saturated carbocycles. The number of nitrogens with one attached hydrogen (secondary N) is 2. The second-order valence-electron chi connectivity index (χ2n) is 6.21. The van der Waals surface area contributed by atoms with Crippen LogP contribution in [0, 0.1) is 0 Å². The smallest absolute Gasteiger partial charge is 0.406 e. The average molecular weight is 420 g/mol. The summed E-state index contributed by atoms with van der Waals surface area (Å²) in [4.78, 5) is 18.8. The zero-order chi connectivity index (χ0) is 19.4. The van der Waals surface area contributed by atoms with Crippen molar-refractivity contribution in [3.63, 3.8) is 0 Å². The lowest BCUT2D eigenvalue weighted by Crippen LogP contribution is -2.49. The molecule has 0 bridgehead atoms. The predicted octanol–water partition coefficient (Wildman–Crippen LogP) is 2.33. The molecule has 11 heteroatoms. The minimum absolute atomic E-state index is 0. The molecule has 3 rings (SSSR count). The van der Waals surface area contributed by atoms with Crippen LogP contribution in [-0.2, 0) is 11.8 Å². The number of carbonyl (C=O) groups is 1. The van der Waals surface area contributed by atoms with Crippen LogP contribution in [0.3, 0.4) is 0 Å². The van der Waals surface area contributed by atoms with Gasteiger partial charge in [-0.25, -0.2) is 4.98 Å². The van der Waals surface area contributed by atoms with Crippen molar-refractivity contribution in [2.24, 2.45) is 7.05 Å². The monoisotopic (exact) mass is 419 g/mol. The zero-order valence-electron chi connectivity index (χ0n) is 15.1. The number of anilines is 1. The fraction of sp³-hybridized carbons (Fsp3) is 0.412. The molecule has 0 aliphatic carbocycles. The van der Waals surface area contributed by atoms with Gasteiger partial charge in [0.25, 0.3) is 0 Å². The van der Waals surface area contributed by atoms with E-state index in [1.165, 1.54) is 12.1 Å².